The lowest BCUT2D eigenvalue weighted by molar-refractivity contribution is 0.581. The van der Waals surface area contributed by atoms with Gasteiger partial charge in [0.25, 0.3) is 0 Å². The van der Waals surface area contributed by atoms with Gasteiger partial charge in [0.1, 0.15) is 0 Å². The minimum Gasteiger partial charge on any atom is -0.320 e. The summed E-state index contributed by atoms with van der Waals surface area (Å²) >= 11 is 6.16. The lowest BCUT2D eigenvalue weighted by atomic mass is 9.93. The Kier molecular flexibility index (Phi) is 4.99. The molecule has 0 radical (unpaired) electrons. The van der Waals surface area contributed by atoms with Crippen LogP contribution in [0.15, 0.2) is 24.3 Å². The fourth-order valence-electron chi connectivity index (χ4n) is 1.70. The minimum atomic E-state index is 0.580. The highest BCUT2D eigenvalue weighted by atomic mass is 35.5. The molecule has 78 valence electrons. The molecule has 1 aromatic rings. The summed E-state index contributed by atoms with van der Waals surface area (Å²) in [5.41, 5.74) is 1.28. The molecule has 0 fully saturated rings. The Labute approximate surface area is 91.5 Å². The Balaban J connectivity index is 2.73. The van der Waals surface area contributed by atoms with E-state index < -0.39 is 0 Å². The third-order valence-electron chi connectivity index (χ3n) is 2.58. The van der Waals surface area contributed by atoms with E-state index in [4.69, 9.17) is 11.6 Å². The second kappa shape index (κ2) is 6.05. The van der Waals surface area contributed by atoms with Crippen LogP contribution in [0.4, 0.5) is 0 Å². The van der Waals surface area contributed by atoms with Crippen molar-refractivity contribution in [3.05, 3.63) is 34.9 Å². The van der Waals surface area contributed by atoms with E-state index in [0.29, 0.717) is 5.92 Å². The predicted octanol–water partition coefficient (Wildman–Crippen LogP) is 3.44. The summed E-state index contributed by atoms with van der Waals surface area (Å²) in [5.74, 6) is 0.580. The monoisotopic (exact) mass is 211 g/mol. The van der Waals surface area contributed by atoms with Gasteiger partial charge in [-0.05, 0) is 44.0 Å². The second-order valence-electron chi connectivity index (χ2n) is 3.52. The number of benzene rings is 1. The van der Waals surface area contributed by atoms with Crippen molar-refractivity contribution < 1.29 is 0 Å². The molecule has 1 unspecified atom stereocenters. The largest absolute Gasteiger partial charge is 0.320 e. The first-order valence-corrected chi connectivity index (χ1v) is 5.56. The van der Waals surface area contributed by atoms with Crippen molar-refractivity contribution in [3.63, 3.8) is 0 Å². The van der Waals surface area contributed by atoms with Crippen LogP contribution < -0.4 is 5.32 Å². The summed E-state index contributed by atoms with van der Waals surface area (Å²) in [6.45, 7) is 3.26. The van der Waals surface area contributed by atoms with Gasteiger partial charge in [-0.2, -0.15) is 0 Å². The van der Waals surface area contributed by atoms with Gasteiger partial charge in [0.2, 0.25) is 0 Å². The molecular formula is C12H18ClN. The van der Waals surface area contributed by atoms with Crippen LogP contribution >= 0.6 is 11.6 Å². The van der Waals surface area contributed by atoms with Crippen molar-refractivity contribution in [2.75, 3.05) is 13.6 Å². The van der Waals surface area contributed by atoms with Crippen molar-refractivity contribution in [1.29, 1.82) is 0 Å². The highest BCUT2D eigenvalue weighted by molar-refractivity contribution is 6.31. The molecule has 1 rings (SSSR count). The van der Waals surface area contributed by atoms with Crippen LogP contribution in [0.1, 0.15) is 31.2 Å². The highest BCUT2D eigenvalue weighted by Crippen LogP contribution is 2.28. The van der Waals surface area contributed by atoms with E-state index in [-0.39, 0.29) is 0 Å². The number of halogens is 1. The molecule has 0 saturated carbocycles. The van der Waals surface area contributed by atoms with Crippen LogP contribution in [0.25, 0.3) is 0 Å². The molecule has 0 saturated heterocycles. The van der Waals surface area contributed by atoms with E-state index in [2.05, 4.69) is 24.4 Å². The molecule has 0 spiro atoms. The van der Waals surface area contributed by atoms with Crippen LogP contribution in [-0.4, -0.2) is 13.6 Å². The molecule has 1 N–H and O–H groups in total. The molecule has 0 aliphatic heterocycles. The van der Waals surface area contributed by atoms with Crippen LogP contribution in [0.5, 0.6) is 0 Å². The van der Waals surface area contributed by atoms with Gasteiger partial charge >= 0.3 is 0 Å². The molecule has 0 amide bonds. The van der Waals surface area contributed by atoms with E-state index in [1.165, 1.54) is 5.56 Å². The number of hydrogen-bond acceptors (Lipinski definition) is 1. The Hall–Kier alpha value is -0.530. The second-order valence-corrected chi connectivity index (χ2v) is 3.93. The van der Waals surface area contributed by atoms with E-state index in [1.54, 1.807) is 0 Å². The van der Waals surface area contributed by atoms with Crippen LogP contribution in [-0.2, 0) is 0 Å². The minimum absolute atomic E-state index is 0.580. The summed E-state index contributed by atoms with van der Waals surface area (Å²) in [7, 11) is 1.99. The van der Waals surface area contributed by atoms with Crippen LogP contribution in [0.3, 0.4) is 0 Å². The van der Waals surface area contributed by atoms with Gasteiger partial charge in [-0.1, -0.05) is 36.7 Å². The summed E-state index contributed by atoms with van der Waals surface area (Å²) in [6.07, 6.45) is 2.29. The van der Waals surface area contributed by atoms with Crippen molar-refractivity contribution in [3.8, 4) is 0 Å². The maximum Gasteiger partial charge on any atom is 0.0440 e. The Morgan fingerprint density at radius 2 is 2.07 bits per heavy atom. The fraction of sp³-hybridized carbons (Fsp3) is 0.500. The standard InChI is InChI=1S/C12H18ClN/c1-3-10(8-9-14-2)11-6-4-5-7-12(11)13/h4-7,10,14H,3,8-9H2,1-2H3. The zero-order valence-corrected chi connectivity index (χ0v) is 9.64. The SMILES string of the molecule is CCC(CCNC)c1ccccc1Cl. The quantitative estimate of drug-likeness (QED) is 0.787. The molecule has 0 bridgehead atoms. The van der Waals surface area contributed by atoms with Gasteiger partial charge in [-0.3, -0.25) is 0 Å². The summed E-state index contributed by atoms with van der Waals surface area (Å²) < 4.78 is 0. The molecule has 0 aliphatic rings. The Bertz CT molecular complexity index is 273. The van der Waals surface area contributed by atoms with Gasteiger partial charge in [0.15, 0.2) is 0 Å². The average molecular weight is 212 g/mol. The van der Waals surface area contributed by atoms with Crippen molar-refractivity contribution in [2.24, 2.45) is 0 Å². The molecule has 1 aromatic carbocycles. The molecule has 0 aliphatic carbocycles. The molecule has 1 nitrogen and oxygen atoms in total. The number of nitrogens with one attached hydrogen (secondary N) is 1. The Morgan fingerprint density at radius 1 is 1.36 bits per heavy atom. The smallest absolute Gasteiger partial charge is 0.0440 e. The first-order valence-electron chi connectivity index (χ1n) is 5.18. The molecule has 1 atom stereocenters. The normalized spacial score (nSPS) is 12.8. The fourth-order valence-corrected chi connectivity index (χ4v) is 1.99. The van der Waals surface area contributed by atoms with Gasteiger partial charge in [-0.25, -0.2) is 0 Å². The molecular weight excluding hydrogens is 194 g/mol. The topological polar surface area (TPSA) is 12.0 Å². The maximum atomic E-state index is 6.16. The zero-order chi connectivity index (χ0) is 10.4. The molecule has 0 heterocycles. The summed E-state index contributed by atoms with van der Waals surface area (Å²) in [4.78, 5) is 0. The van der Waals surface area contributed by atoms with Crippen LogP contribution in [0.2, 0.25) is 5.02 Å². The Morgan fingerprint density at radius 3 is 2.64 bits per heavy atom. The van der Waals surface area contributed by atoms with Crippen LogP contribution in [0, 0.1) is 0 Å². The van der Waals surface area contributed by atoms with E-state index in [0.717, 1.165) is 24.4 Å². The lowest BCUT2D eigenvalue weighted by Crippen LogP contribution is -2.12. The first kappa shape index (κ1) is 11.5. The van der Waals surface area contributed by atoms with Gasteiger partial charge in [-0.15, -0.1) is 0 Å². The summed E-state index contributed by atoms with van der Waals surface area (Å²) in [5, 5.41) is 4.08. The lowest BCUT2D eigenvalue weighted by Gasteiger charge is -2.16. The molecule has 14 heavy (non-hydrogen) atoms. The summed E-state index contributed by atoms with van der Waals surface area (Å²) in [6, 6.07) is 8.14. The predicted molar refractivity (Wildman–Crippen MR) is 63.0 cm³/mol. The van der Waals surface area contributed by atoms with Gasteiger partial charge in [0, 0.05) is 5.02 Å². The highest BCUT2D eigenvalue weighted by Gasteiger charge is 2.11. The van der Waals surface area contributed by atoms with Gasteiger partial charge < -0.3 is 5.32 Å². The third-order valence-corrected chi connectivity index (χ3v) is 2.92. The number of rotatable bonds is 5. The van der Waals surface area contributed by atoms with Crippen molar-refractivity contribution >= 4 is 11.6 Å². The van der Waals surface area contributed by atoms with Gasteiger partial charge in [0.05, 0.1) is 0 Å². The number of hydrogen-bond donors (Lipinski definition) is 1. The van der Waals surface area contributed by atoms with Crippen molar-refractivity contribution in [1.82, 2.24) is 5.32 Å². The first-order chi connectivity index (χ1) is 6.79. The van der Waals surface area contributed by atoms with E-state index in [9.17, 15) is 0 Å². The maximum absolute atomic E-state index is 6.16. The molecule has 2 heteroatoms. The van der Waals surface area contributed by atoms with Crippen molar-refractivity contribution in [2.45, 2.75) is 25.7 Å². The van der Waals surface area contributed by atoms with E-state index >= 15 is 0 Å². The molecule has 0 aromatic heterocycles. The third kappa shape index (κ3) is 3.00. The van der Waals surface area contributed by atoms with E-state index in [1.807, 2.05) is 19.2 Å². The average Bonchev–Trinajstić information content (AvgIpc) is 2.21. The zero-order valence-electron chi connectivity index (χ0n) is 8.89.